The van der Waals surface area contributed by atoms with Gasteiger partial charge in [0, 0.05) is 6.42 Å². The Bertz CT molecular complexity index is 1080. The quantitative estimate of drug-likeness (QED) is 0.108. The van der Waals surface area contributed by atoms with Crippen molar-refractivity contribution in [3.63, 3.8) is 0 Å². The number of hydrogen-bond donors (Lipinski definition) is 1. The van der Waals surface area contributed by atoms with Crippen LogP contribution < -0.4 is 15.7 Å². The number of unbranched alkanes of at least 4 members (excludes halogenated alkanes) is 10. The van der Waals surface area contributed by atoms with Crippen molar-refractivity contribution in [1.29, 1.82) is 0 Å². The van der Waals surface area contributed by atoms with Crippen molar-refractivity contribution < 1.29 is 18.8 Å². The van der Waals surface area contributed by atoms with E-state index in [0.29, 0.717) is 6.42 Å². The Balaban J connectivity index is 2.01. The van der Waals surface area contributed by atoms with Crippen molar-refractivity contribution in [2.45, 2.75) is 156 Å². The minimum atomic E-state index is -2.87. The first-order valence-corrected chi connectivity index (χ1v) is 19.9. The summed E-state index contributed by atoms with van der Waals surface area (Å²) in [7, 11) is -2.87. The molecule has 1 atom stereocenters. The van der Waals surface area contributed by atoms with Gasteiger partial charge in [0.1, 0.15) is 11.6 Å². The second-order valence-corrected chi connectivity index (χ2v) is 19.8. The van der Waals surface area contributed by atoms with Crippen LogP contribution in [-0.2, 0) is 14.0 Å². The summed E-state index contributed by atoms with van der Waals surface area (Å²) in [4.78, 5) is 26.6. The number of ketones is 1. The van der Waals surface area contributed by atoms with E-state index in [9.17, 15) is 9.59 Å². The maximum Gasteiger partial charge on any atom is 0.408 e. The first kappa shape index (κ1) is 39.7. The molecule has 0 saturated carbocycles. The molecule has 2 aromatic rings. The van der Waals surface area contributed by atoms with E-state index in [1.54, 1.807) is 0 Å². The van der Waals surface area contributed by atoms with Crippen LogP contribution in [0.15, 0.2) is 60.7 Å². The zero-order valence-corrected chi connectivity index (χ0v) is 31.5. The van der Waals surface area contributed by atoms with E-state index in [1.165, 1.54) is 57.8 Å². The lowest BCUT2D eigenvalue weighted by atomic mass is 10.0. The molecule has 2 aromatic carbocycles. The van der Waals surface area contributed by atoms with Gasteiger partial charge in [0.05, 0.1) is 6.61 Å². The molecule has 0 bridgehead atoms. The summed E-state index contributed by atoms with van der Waals surface area (Å²) in [5, 5.41) is 4.94. The Kier molecular flexibility index (Phi) is 17.3. The number of nitrogens with one attached hydrogen (secondary N) is 1. The van der Waals surface area contributed by atoms with Gasteiger partial charge >= 0.3 is 6.09 Å². The second kappa shape index (κ2) is 20.0. The smallest absolute Gasteiger partial charge is 0.408 e. The number of Topliss-reactive ketones (excluding diaryl/α,β-unsaturated/α-hetero) is 1. The van der Waals surface area contributed by atoms with E-state index < -0.39 is 26.1 Å². The fourth-order valence-corrected chi connectivity index (χ4v) is 10.8. The maximum atomic E-state index is 13.7. The SMILES string of the molecule is CC(C)CCCCCCCCCCCCCC(=O)[C@H](CO[Si](c1ccccc1)(c1ccccc1)C(C)(C)C)NC(=O)OC(C)(C)C. The fourth-order valence-electron chi connectivity index (χ4n) is 6.25. The molecule has 0 aliphatic heterocycles. The number of alkyl carbamates (subject to hydrolysis) is 1. The summed E-state index contributed by atoms with van der Waals surface area (Å²) in [6, 6.07) is 20.0. The topological polar surface area (TPSA) is 64.6 Å². The Morgan fingerprint density at radius 3 is 1.52 bits per heavy atom. The molecular formula is C40H65NO4Si. The number of benzene rings is 2. The molecule has 258 valence electrons. The van der Waals surface area contributed by atoms with Gasteiger partial charge in [0.2, 0.25) is 0 Å². The molecule has 0 heterocycles. The number of ether oxygens (including phenoxy) is 1. The number of amides is 1. The standard InChI is InChI=1S/C40H65NO4Si/c1-33(2)26-20-16-14-12-10-9-11-13-15-17-25-31-37(42)36(41-38(43)45-39(3,4)5)32-44-46(40(6,7)8,34-27-21-18-22-28-34)35-29-23-19-24-30-35/h18-19,21-24,27-30,33,36H,9-17,20,25-26,31-32H2,1-8H3,(H,41,43)/t36-/m0/s1. The van der Waals surface area contributed by atoms with Gasteiger partial charge in [-0.1, -0.05) is 166 Å². The summed E-state index contributed by atoms with van der Waals surface area (Å²) in [6.45, 7) is 16.8. The lowest BCUT2D eigenvalue weighted by Crippen LogP contribution is -2.67. The summed E-state index contributed by atoms with van der Waals surface area (Å²) in [6.07, 6.45) is 14.8. The third kappa shape index (κ3) is 14.1. The number of carbonyl (C=O) groups is 2. The normalized spacial score (nSPS) is 13.1. The minimum Gasteiger partial charge on any atom is -0.444 e. The minimum absolute atomic E-state index is 0.00117. The Labute approximate surface area is 282 Å². The number of carbonyl (C=O) groups excluding carboxylic acids is 2. The Hall–Kier alpha value is -2.44. The first-order chi connectivity index (χ1) is 21.8. The van der Waals surface area contributed by atoms with Gasteiger partial charge in [-0.05, 0) is 48.5 Å². The van der Waals surface area contributed by atoms with Crippen LogP contribution in [-0.4, -0.2) is 38.4 Å². The summed E-state index contributed by atoms with van der Waals surface area (Å²) < 4.78 is 12.6. The molecule has 0 unspecified atom stereocenters. The van der Waals surface area contributed by atoms with Gasteiger partial charge in [-0.2, -0.15) is 0 Å². The van der Waals surface area contributed by atoms with E-state index >= 15 is 0 Å². The predicted octanol–water partition coefficient (Wildman–Crippen LogP) is 9.75. The first-order valence-electron chi connectivity index (χ1n) is 18.0. The van der Waals surface area contributed by atoms with Gasteiger partial charge in [0.25, 0.3) is 8.32 Å². The van der Waals surface area contributed by atoms with E-state index in [-0.39, 0.29) is 17.4 Å². The highest BCUT2D eigenvalue weighted by molar-refractivity contribution is 6.99. The van der Waals surface area contributed by atoms with Crippen LogP contribution in [0.3, 0.4) is 0 Å². The zero-order valence-electron chi connectivity index (χ0n) is 30.5. The number of rotatable bonds is 21. The maximum absolute atomic E-state index is 13.7. The van der Waals surface area contributed by atoms with Gasteiger partial charge in [-0.15, -0.1) is 0 Å². The van der Waals surface area contributed by atoms with Crippen molar-refractivity contribution in [3.8, 4) is 0 Å². The van der Waals surface area contributed by atoms with Crippen LogP contribution in [0.1, 0.15) is 139 Å². The highest BCUT2D eigenvalue weighted by atomic mass is 28.4. The van der Waals surface area contributed by atoms with Gasteiger partial charge in [0.15, 0.2) is 5.78 Å². The van der Waals surface area contributed by atoms with Gasteiger partial charge in [-0.25, -0.2) is 4.79 Å². The van der Waals surface area contributed by atoms with E-state index in [4.69, 9.17) is 9.16 Å². The lowest BCUT2D eigenvalue weighted by Gasteiger charge is -2.43. The van der Waals surface area contributed by atoms with Gasteiger partial charge in [-0.3, -0.25) is 4.79 Å². The van der Waals surface area contributed by atoms with Crippen LogP contribution in [0, 0.1) is 5.92 Å². The third-order valence-corrected chi connectivity index (χ3v) is 13.7. The Morgan fingerprint density at radius 2 is 1.11 bits per heavy atom. The van der Waals surface area contributed by atoms with Crippen LogP contribution in [0.4, 0.5) is 4.79 Å². The molecule has 0 spiro atoms. The molecule has 0 aromatic heterocycles. The molecule has 1 N–H and O–H groups in total. The average molecular weight is 652 g/mol. The fraction of sp³-hybridized carbons (Fsp3) is 0.650. The van der Waals surface area contributed by atoms with E-state index in [1.807, 2.05) is 57.2 Å². The summed E-state index contributed by atoms with van der Waals surface area (Å²) in [5.74, 6) is 0.825. The summed E-state index contributed by atoms with van der Waals surface area (Å²) in [5.41, 5.74) is -0.662. The zero-order chi connectivity index (χ0) is 34.1. The second-order valence-electron chi connectivity index (χ2n) is 15.5. The third-order valence-electron chi connectivity index (χ3n) is 8.67. The van der Waals surface area contributed by atoms with Crippen molar-refractivity contribution >= 4 is 30.6 Å². The molecule has 5 nitrogen and oxygen atoms in total. The molecule has 0 fully saturated rings. The molecule has 6 heteroatoms. The number of hydrogen-bond acceptors (Lipinski definition) is 4. The molecule has 0 aliphatic carbocycles. The molecule has 0 aliphatic rings. The van der Waals surface area contributed by atoms with Crippen molar-refractivity contribution in [3.05, 3.63) is 60.7 Å². The summed E-state index contributed by atoms with van der Waals surface area (Å²) >= 11 is 0. The van der Waals surface area contributed by atoms with E-state index in [0.717, 1.165) is 35.6 Å². The molecule has 2 rings (SSSR count). The van der Waals surface area contributed by atoms with Crippen LogP contribution in [0.5, 0.6) is 0 Å². The molecule has 1 amide bonds. The van der Waals surface area contributed by atoms with Crippen molar-refractivity contribution in [1.82, 2.24) is 5.32 Å². The molecule has 46 heavy (non-hydrogen) atoms. The molecular weight excluding hydrogens is 587 g/mol. The highest BCUT2D eigenvalue weighted by Gasteiger charge is 2.50. The van der Waals surface area contributed by atoms with Crippen molar-refractivity contribution in [2.75, 3.05) is 6.61 Å². The van der Waals surface area contributed by atoms with Crippen LogP contribution in [0.25, 0.3) is 0 Å². The Morgan fingerprint density at radius 1 is 0.674 bits per heavy atom. The van der Waals surface area contributed by atoms with Crippen molar-refractivity contribution in [2.24, 2.45) is 5.92 Å². The average Bonchev–Trinajstić information content (AvgIpc) is 2.98. The highest BCUT2D eigenvalue weighted by Crippen LogP contribution is 2.37. The van der Waals surface area contributed by atoms with Gasteiger partial charge < -0.3 is 14.5 Å². The van der Waals surface area contributed by atoms with Crippen LogP contribution >= 0.6 is 0 Å². The largest absolute Gasteiger partial charge is 0.444 e. The molecule has 0 radical (unpaired) electrons. The van der Waals surface area contributed by atoms with E-state index in [2.05, 4.69) is 64.2 Å². The van der Waals surface area contributed by atoms with Crippen LogP contribution in [0.2, 0.25) is 5.04 Å². The lowest BCUT2D eigenvalue weighted by molar-refractivity contribution is -0.122. The monoisotopic (exact) mass is 651 g/mol. The molecule has 0 saturated heterocycles. The predicted molar refractivity (Wildman–Crippen MR) is 197 cm³/mol.